The van der Waals surface area contributed by atoms with E-state index < -0.39 is 5.82 Å². The molecule has 0 atom stereocenters. The molecule has 1 fully saturated rings. The summed E-state index contributed by atoms with van der Waals surface area (Å²) in [7, 11) is 0. The van der Waals surface area contributed by atoms with E-state index in [1.807, 2.05) is 6.92 Å². The normalized spacial score (nSPS) is 15.0. The van der Waals surface area contributed by atoms with Crippen LogP contribution in [0.5, 0.6) is 0 Å². The topological polar surface area (TPSA) is 82.2 Å². The summed E-state index contributed by atoms with van der Waals surface area (Å²) < 4.78 is 15.0. The van der Waals surface area contributed by atoms with Crippen molar-refractivity contribution in [3.63, 3.8) is 0 Å². The van der Waals surface area contributed by atoms with Crippen molar-refractivity contribution in [2.75, 3.05) is 31.1 Å². The number of nitrogens with zero attached hydrogens (tertiary/aromatic N) is 4. The zero-order valence-corrected chi connectivity index (χ0v) is 17.2. The minimum Gasteiger partial charge on any atom is -0.366 e. The molecule has 1 saturated heterocycles. The van der Waals surface area contributed by atoms with Crippen molar-refractivity contribution in [3.05, 3.63) is 62.5 Å². The first kappa shape index (κ1) is 20.4. The number of halogens is 2. The predicted molar refractivity (Wildman–Crippen MR) is 114 cm³/mol. The molecule has 1 aliphatic rings. The number of rotatable bonds is 5. The maximum absolute atomic E-state index is 15.0. The lowest BCUT2D eigenvalue weighted by Gasteiger charge is -2.36. The lowest BCUT2D eigenvalue weighted by molar-refractivity contribution is 0.111. The maximum Gasteiger partial charge on any atom is 0.270 e. The Bertz CT molecular complexity index is 1160. The Morgan fingerprint density at radius 1 is 1.17 bits per heavy atom. The summed E-state index contributed by atoms with van der Waals surface area (Å²) in [6.45, 7) is 5.11. The van der Waals surface area contributed by atoms with Crippen molar-refractivity contribution >= 4 is 34.6 Å². The number of nitrogens with one attached hydrogen (secondary N) is 1. The predicted octanol–water partition coefficient (Wildman–Crippen LogP) is 2.81. The van der Waals surface area contributed by atoms with Gasteiger partial charge in [0.25, 0.3) is 5.56 Å². The van der Waals surface area contributed by atoms with Gasteiger partial charge in [0, 0.05) is 38.3 Å². The minimum absolute atomic E-state index is 0.154. The number of carbonyl (C=O) groups is 1. The number of fused-ring (bicyclic) bond motifs is 1. The van der Waals surface area contributed by atoms with Crippen molar-refractivity contribution in [2.45, 2.75) is 19.9 Å². The van der Waals surface area contributed by atoms with E-state index in [1.165, 1.54) is 0 Å². The first-order valence-electron chi connectivity index (χ1n) is 9.79. The van der Waals surface area contributed by atoms with Gasteiger partial charge in [0.2, 0.25) is 0 Å². The third-order valence-electron chi connectivity index (χ3n) is 5.37. The molecule has 1 aromatic carbocycles. The van der Waals surface area contributed by atoms with Gasteiger partial charge in [-0.15, -0.1) is 0 Å². The van der Waals surface area contributed by atoms with Crippen LogP contribution >= 0.6 is 11.6 Å². The van der Waals surface area contributed by atoms with E-state index in [0.717, 1.165) is 5.69 Å². The van der Waals surface area contributed by atoms with Crippen LogP contribution in [0.25, 0.3) is 11.0 Å². The summed E-state index contributed by atoms with van der Waals surface area (Å²) >= 11 is 6.21. The van der Waals surface area contributed by atoms with Gasteiger partial charge < -0.3 is 9.88 Å². The molecule has 0 radical (unpaired) electrons. The number of aldehydes is 1. The molecule has 7 nitrogen and oxygen atoms in total. The Labute approximate surface area is 177 Å². The number of hydrogen-bond donors (Lipinski definition) is 1. The number of aryl methyl sites for hydroxylation is 1. The summed E-state index contributed by atoms with van der Waals surface area (Å²) in [6, 6.07) is 6.92. The van der Waals surface area contributed by atoms with Gasteiger partial charge in [-0.1, -0.05) is 24.6 Å². The van der Waals surface area contributed by atoms with Gasteiger partial charge in [-0.05, 0) is 24.6 Å². The third kappa shape index (κ3) is 3.93. The van der Waals surface area contributed by atoms with Gasteiger partial charge in [0.1, 0.15) is 16.9 Å². The van der Waals surface area contributed by atoms with E-state index in [0.29, 0.717) is 73.1 Å². The molecule has 0 aliphatic carbocycles. The lowest BCUT2D eigenvalue weighted by Crippen LogP contribution is -2.46. The standard InChI is InChI=1S/C21H21ClFN5O2/c1-2-15-21(30)26-19-16(25-15)5-3-13(18(19)23)11-27-7-9-28(10-8-27)17-6-4-14(12-29)24-20(17)22/h3-6,12H,2,7-11H2,1H3,(H,26,30). The SMILES string of the molecule is CCc1nc2ccc(CN3CCN(c4ccc(C=O)nc4Cl)CC3)c(F)c2[nH]c1=O. The molecule has 3 heterocycles. The second-order valence-electron chi connectivity index (χ2n) is 7.23. The van der Waals surface area contributed by atoms with Crippen molar-refractivity contribution in [1.29, 1.82) is 0 Å². The number of aromatic amines is 1. The second-order valence-corrected chi connectivity index (χ2v) is 7.58. The van der Waals surface area contributed by atoms with Crippen LogP contribution in [-0.2, 0) is 13.0 Å². The number of piperazine rings is 1. The fraction of sp³-hybridized carbons (Fsp3) is 0.333. The number of hydrogen-bond acceptors (Lipinski definition) is 6. The molecule has 0 bridgehead atoms. The van der Waals surface area contributed by atoms with Crippen LogP contribution in [0.2, 0.25) is 5.15 Å². The highest BCUT2D eigenvalue weighted by atomic mass is 35.5. The quantitative estimate of drug-likeness (QED) is 0.496. The van der Waals surface area contributed by atoms with E-state index in [1.54, 1.807) is 24.3 Å². The summed E-state index contributed by atoms with van der Waals surface area (Å²) in [4.78, 5) is 38.1. The maximum atomic E-state index is 15.0. The summed E-state index contributed by atoms with van der Waals surface area (Å²) in [5, 5.41) is 0.302. The molecular formula is C21H21ClFN5O2. The summed E-state index contributed by atoms with van der Waals surface area (Å²) in [5.74, 6) is -0.432. The first-order valence-corrected chi connectivity index (χ1v) is 10.2. The molecule has 0 amide bonds. The van der Waals surface area contributed by atoms with Gasteiger partial charge in [0.15, 0.2) is 17.3 Å². The van der Waals surface area contributed by atoms with E-state index in [4.69, 9.17) is 11.6 Å². The number of pyridine rings is 1. The highest BCUT2D eigenvalue weighted by Crippen LogP contribution is 2.26. The zero-order valence-electron chi connectivity index (χ0n) is 16.5. The summed E-state index contributed by atoms with van der Waals surface area (Å²) in [5.41, 5.74) is 2.27. The van der Waals surface area contributed by atoms with Crippen LogP contribution < -0.4 is 10.5 Å². The molecule has 30 heavy (non-hydrogen) atoms. The van der Waals surface area contributed by atoms with Gasteiger partial charge in [-0.3, -0.25) is 14.5 Å². The molecule has 1 aliphatic heterocycles. The molecule has 1 N–H and O–H groups in total. The minimum atomic E-state index is -0.432. The van der Waals surface area contributed by atoms with Crippen LogP contribution in [-0.4, -0.2) is 52.3 Å². The lowest BCUT2D eigenvalue weighted by atomic mass is 10.1. The smallest absolute Gasteiger partial charge is 0.270 e. The van der Waals surface area contributed by atoms with Crippen LogP contribution in [0.4, 0.5) is 10.1 Å². The Hall–Kier alpha value is -2.84. The van der Waals surface area contributed by atoms with E-state index >= 15 is 4.39 Å². The Morgan fingerprint density at radius 3 is 2.60 bits per heavy atom. The highest BCUT2D eigenvalue weighted by Gasteiger charge is 2.21. The van der Waals surface area contributed by atoms with Crippen LogP contribution in [0.1, 0.15) is 28.7 Å². The van der Waals surface area contributed by atoms with Crippen LogP contribution in [0.3, 0.4) is 0 Å². The van der Waals surface area contributed by atoms with Gasteiger partial charge in [-0.25, -0.2) is 14.4 Å². The largest absolute Gasteiger partial charge is 0.366 e. The molecule has 156 valence electrons. The van der Waals surface area contributed by atoms with Crippen LogP contribution in [0, 0.1) is 5.82 Å². The van der Waals surface area contributed by atoms with Crippen molar-refractivity contribution in [2.24, 2.45) is 0 Å². The average molecular weight is 430 g/mol. The molecular weight excluding hydrogens is 409 g/mol. The van der Waals surface area contributed by atoms with Gasteiger partial charge in [0.05, 0.1) is 11.2 Å². The first-order chi connectivity index (χ1) is 14.5. The monoisotopic (exact) mass is 429 g/mol. The molecule has 4 rings (SSSR count). The number of aromatic nitrogens is 3. The average Bonchev–Trinajstić information content (AvgIpc) is 2.76. The zero-order chi connectivity index (χ0) is 21.3. The molecule has 3 aromatic rings. The highest BCUT2D eigenvalue weighted by molar-refractivity contribution is 6.32. The molecule has 0 saturated carbocycles. The Morgan fingerprint density at radius 2 is 1.93 bits per heavy atom. The number of anilines is 1. The third-order valence-corrected chi connectivity index (χ3v) is 5.65. The summed E-state index contributed by atoms with van der Waals surface area (Å²) in [6.07, 6.45) is 1.16. The second kappa shape index (κ2) is 8.49. The fourth-order valence-electron chi connectivity index (χ4n) is 3.69. The van der Waals surface area contributed by atoms with Crippen LogP contribution in [0.15, 0.2) is 29.1 Å². The van der Waals surface area contributed by atoms with Crippen molar-refractivity contribution in [1.82, 2.24) is 19.9 Å². The Balaban J connectivity index is 1.47. The fourth-order valence-corrected chi connectivity index (χ4v) is 3.98. The molecule has 0 unspecified atom stereocenters. The van der Waals surface area contributed by atoms with Crippen molar-refractivity contribution in [3.8, 4) is 0 Å². The molecule has 2 aromatic heterocycles. The number of carbonyl (C=O) groups excluding carboxylic acids is 1. The van der Waals surface area contributed by atoms with Gasteiger partial charge >= 0.3 is 0 Å². The molecule has 9 heteroatoms. The van der Waals surface area contributed by atoms with E-state index in [-0.39, 0.29) is 11.1 Å². The van der Waals surface area contributed by atoms with Crippen molar-refractivity contribution < 1.29 is 9.18 Å². The number of benzene rings is 1. The number of H-pyrrole nitrogens is 1. The molecule has 0 spiro atoms. The van der Waals surface area contributed by atoms with E-state index in [2.05, 4.69) is 24.8 Å². The Kier molecular flexibility index (Phi) is 5.78. The van der Waals surface area contributed by atoms with Gasteiger partial charge in [-0.2, -0.15) is 0 Å². The van der Waals surface area contributed by atoms with E-state index in [9.17, 15) is 9.59 Å².